The predicted molar refractivity (Wildman–Crippen MR) is 80.0 cm³/mol. The molecule has 0 aliphatic heterocycles. The third-order valence-electron chi connectivity index (χ3n) is 3.42. The number of nitrogens with one attached hydrogen (secondary N) is 1. The quantitative estimate of drug-likeness (QED) is 0.911. The molecule has 0 bridgehead atoms. The van der Waals surface area contributed by atoms with Crippen molar-refractivity contribution in [1.29, 1.82) is 0 Å². The van der Waals surface area contributed by atoms with Crippen LogP contribution in [0, 0.1) is 18.6 Å². The van der Waals surface area contributed by atoms with Gasteiger partial charge in [0.2, 0.25) is 0 Å². The minimum absolute atomic E-state index is 0.0522. The Morgan fingerprint density at radius 1 is 1.14 bits per heavy atom. The molecule has 5 heteroatoms. The van der Waals surface area contributed by atoms with E-state index in [1.807, 2.05) is 13.0 Å². The second-order valence-electron chi connectivity index (χ2n) is 4.73. The standard InChI is InChI=1S/C16H16ClF2NO/c1-9-4-5-10(17)6-12(9)16(20-2)15-13(18)7-11(21-3)8-14(15)19/h4-8,16,20H,1-3H3. The van der Waals surface area contributed by atoms with Crippen LogP contribution in [-0.4, -0.2) is 14.2 Å². The summed E-state index contributed by atoms with van der Waals surface area (Å²) < 4.78 is 33.4. The number of rotatable bonds is 4. The Bertz CT molecular complexity index is 638. The fraction of sp³-hybridized carbons (Fsp3) is 0.250. The van der Waals surface area contributed by atoms with Gasteiger partial charge in [-0.05, 0) is 37.2 Å². The van der Waals surface area contributed by atoms with E-state index in [1.54, 1.807) is 19.2 Å². The molecule has 1 atom stereocenters. The van der Waals surface area contributed by atoms with Crippen LogP contribution in [0.3, 0.4) is 0 Å². The smallest absolute Gasteiger partial charge is 0.134 e. The molecule has 2 aromatic rings. The van der Waals surface area contributed by atoms with Crippen molar-refractivity contribution >= 4 is 11.6 Å². The summed E-state index contributed by atoms with van der Waals surface area (Å²) >= 11 is 6.00. The molecular formula is C16H16ClF2NO. The largest absolute Gasteiger partial charge is 0.497 e. The van der Waals surface area contributed by atoms with Gasteiger partial charge < -0.3 is 10.1 Å². The highest BCUT2D eigenvalue weighted by atomic mass is 35.5. The number of benzene rings is 2. The first-order valence-corrected chi connectivity index (χ1v) is 6.82. The van der Waals surface area contributed by atoms with E-state index in [0.29, 0.717) is 5.02 Å². The van der Waals surface area contributed by atoms with Gasteiger partial charge in [0, 0.05) is 22.7 Å². The highest BCUT2D eigenvalue weighted by Crippen LogP contribution is 2.32. The zero-order chi connectivity index (χ0) is 15.6. The molecule has 0 aromatic heterocycles. The van der Waals surface area contributed by atoms with Crippen molar-refractivity contribution in [2.75, 3.05) is 14.2 Å². The second kappa shape index (κ2) is 6.41. The van der Waals surface area contributed by atoms with Crippen molar-refractivity contribution in [1.82, 2.24) is 5.32 Å². The van der Waals surface area contributed by atoms with E-state index in [-0.39, 0.29) is 11.3 Å². The van der Waals surface area contributed by atoms with Gasteiger partial charge in [-0.2, -0.15) is 0 Å². The summed E-state index contributed by atoms with van der Waals surface area (Å²) in [4.78, 5) is 0. The van der Waals surface area contributed by atoms with Crippen LogP contribution in [-0.2, 0) is 0 Å². The number of hydrogen-bond donors (Lipinski definition) is 1. The van der Waals surface area contributed by atoms with Crippen LogP contribution < -0.4 is 10.1 Å². The number of ether oxygens (including phenoxy) is 1. The SMILES string of the molecule is CNC(c1cc(Cl)ccc1C)c1c(F)cc(OC)cc1F. The average molecular weight is 312 g/mol. The van der Waals surface area contributed by atoms with Gasteiger partial charge in [-0.1, -0.05) is 17.7 Å². The molecule has 21 heavy (non-hydrogen) atoms. The zero-order valence-corrected chi connectivity index (χ0v) is 12.8. The topological polar surface area (TPSA) is 21.3 Å². The maximum atomic E-state index is 14.3. The van der Waals surface area contributed by atoms with Crippen LogP contribution in [0.4, 0.5) is 8.78 Å². The minimum atomic E-state index is -0.662. The Kier molecular flexibility index (Phi) is 4.80. The molecular weight excluding hydrogens is 296 g/mol. The molecule has 112 valence electrons. The lowest BCUT2D eigenvalue weighted by Gasteiger charge is -2.21. The van der Waals surface area contributed by atoms with E-state index in [1.165, 1.54) is 19.2 Å². The van der Waals surface area contributed by atoms with Gasteiger partial charge in [0.15, 0.2) is 0 Å². The Balaban J connectivity index is 2.59. The van der Waals surface area contributed by atoms with E-state index < -0.39 is 17.7 Å². The van der Waals surface area contributed by atoms with Crippen LogP contribution in [0.2, 0.25) is 5.02 Å². The van der Waals surface area contributed by atoms with Crippen molar-refractivity contribution in [3.63, 3.8) is 0 Å². The van der Waals surface area contributed by atoms with Gasteiger partial charge in [0.25, 0.3) is 0 Å². The van der Waals surface area contributed by atoms with Crippen LogP contribution in [0.1, 0.15) is 22.7 Å². The van der Waals surface area contributed by atoms with Gasteiger partial charge in [0.05, 0.1) is 13.2 Å². The number of methoxy groups -OCH3 is 1. The predicted octanol–water partition coefficient (Wildman–Crippen LogP) is 4.24. The van der Waals surface area contributed by atoms with Crippen molar-refractivity contribution in [2.24, 2.45) is 0 Å². The van der Waals surface area contributed by atoms with Gasteiger partial charge in [-0.15, -0.1) is 0 Å². The molecule has 0 radical (unpaired) electrons. The maximum absolute atomic E-state index is 14.3. The van der Waals surface area contributed by atoms with Crippen molar-refractivity contribution in [2.45, 2.75) is 13.0 Å². The molecule has 2 aromatic carbocycles. The molecule has 0 saturated heterocycles. The zero-order valence-electron chi connectivity index (χ0n) is 12.0. The first kappa shape index (κ1) is 15.7. The lowest BCUT2D eigenvalue weighted by molar-refractivity contribution is 0.403. The van der Waals surface area contributed by atoms with Crippen molar-refractivity contribution < 1.29 is 13.5 Å². The van der Waals surface area contributed by atoms with E-state index in [9.17, 15) is 8.78 Å². The normalized spacial score (nSPS) is 12.3. The van der Waals surface area contributed by atoms with E-state index in [0.717, 1.165) is 11.1 Å². The van der Waals surface area contributed by atoms with Crippen LogP contribution in [0.5, 0.6) is 5.75 Å². The fourth-order valence-electron chi connectivity index (χ4n) is 2.33. The molecule has 0 saturated carbocycles. The lowest BCUT2D eigenvalue weighted by atomic mass is 9.94. The molecule has 1 N–H and O–H groups in total. The highest BCUT2D eigenvalue weighted by molar-refractivity contribution is 6.30. The third kappa shape index (κ3) is 3.17. The number of hydrogen-bond acceptors (Lipinski definition) is 2. The van der Waals surface area contributed by atoms with Gasteiger partial charge in [-0.3, -0.25) is 0 Å². The molecule has 0 spiro atoms. The van der Waals surface area contributed by atoms with Crippen LogP contribution in [0.15, 0.2) is 30.3 Å². The first-order chi connectivity index (χ1) is 9.97. The maximum Gasteiger partial charge on any atom is 0.134 e. The Morgan fingerprint density at radius 2 is 1.76 bits per heavy atom. The van der Waals surface area contributed by atoms with Gasteiger partial charge >= 0.3 is 0 Å². The van der Waals surface area contributed by atoms with Crippen LogP contribution in [0.25, 0.3) is 0 Å². The summed E-state index contributed by atoms with van der Waals surface area (Å²) in [5.74, 6) is -1.18. The van der Waals surface area contributed by atoms with Gasteiger partial charge in [0.1, 0.15) is 17.4 Å². The molecule has 0 aliphatic rings. The monoisotopic (exact) mass is 311 g/mol. The Labute approximate surface area is 127 Å². The first-order valence-electron chi connectivity index (χ1n) is 6.44. The molecule has 2 nitrogen and oxygen atoms in total. The third-order valence-corrected chi connectivity index (χ3v) is 3.65. The summed E-state index contributed by atoms with van der Waals surface area (Å²) in [5, 5.41) is 3.46. The fourth-order valence-corrected chi connectivity index (χ4v) is 2.51. The molecule has 0 heterocycles. The average Bonchev–Trinajstić information content (AvgIpc) is 2.45. The summed E-state index contributed by atoms with van der Waals surface area (Å²) in [6, 6.07) is 6.98. The molecule has 1 unspecified atom stereocenters. The summed E-state index contributed by atoms with van der Waals surface area (Å²) in [6.07, 6.45) is 0. The highest BCUT2D eigenvalue weighted by Gasteiger charge is 2.23. The lowest BCUT2D eigenvalue weighted by Crippen LogP contribution is -2.21. The number of halogens is 3. The van der Waals surface area contributed by atoms with E-state index in [4.69, 9.17) is 16.3 Å². The van der Waals surface area contributed by atoms with E-state index >= 15 is 0 Å². The summed E-state index contributed by atoms with van der Waals surface area (Å²) in [5.41, 5.74) is 1.57. The van der Waals surface area contributed by atoms with Gasteiger partial charge in [-0.25, -0.2) is 8.78 Å². The molecule has 0 aliphatic carbocycles. The molecule has 0 fully saturated rings. The summed E-state index contributed by atoms with van der Waals surface area (Å²) in [6.45, 7) is 1.87. The minimum Gasteiger partial charge on any atom is -0.497 e. The van der Waals surface area contributed by atoms with Crippen molar-refractivity contribution in [3.8, 4) is 5.75 Å². The van der Waals surface area contributed by atoms with Crippen molar-refractivity contribution in [3.05, 3.63) is 63.7 Å². The molecule has 2 rings (SSSR count). The summed E-state index contributed by atoms with van der Waals surface area (Å²) in [7, 11) is 3.01. The molecule has 0 amide bonds. The van der Waals surface area contributed by atoms with E-state index in [2.05, 4.69) is 5.32 Å². The Morgan fingerprint density at radius 3 is 2.29 bits per heavy atom. The van der Waals surface area contributed by atoms with Crippen LogP contribution >= 0.6 is 11.6 Å². The second-order valence-corrected chi connectivity index (χ2v) is 5.16. The Hall–Kier alpha value is -1.65. The number of aryl methyl sites for hydroxylation is 1.